The van der Waals surface area contributed by atoms with E-state index < -0.39 is 4.92 Å². The SMILES string of the molecule is CC1(C)CN(c2ccc([N+](=O)[O-])cc2N)CCS1. The van der Waals surface area contributed by atoms with E-state index in [-0.39, 0.29) is 10.4 Å². The fraction of sp³-hybridized carbons (Fsp3) is 0.500. The largest absolute Gasteiger partial charge is 0.397 e. The summed E-state index contributed by atoms with van der Waals surface area (Å²) in [6.07, 6.45) is 0. The molecule has 18 heavy (non-hydrogen) atoms. The zero-order valence-corrected chi connectivity index (χ0v) is 11.4. The van der Waals surface area contributed by atoms with Crippen LogP contribution in [0.5, 0.6) is 0 Å². The second kappa shape index (κ2) is 4.68. The molecule has 0 atom stereocenters. The Kier molecular flexibility index (Phi) is 3.38. The first-order chi connectivity index (χ1) is 8.39. The molecule has 0 amide bonds. The monoisotopic (exact) mass is 267 g/mol. The van der Waals surface area contributed by atoms with Crippen molar-refractivity contribution in [3.63, 3.8) is 0 Å². The van der Waals surface area contributed by atoms with Gasteiger partial charge in [-0.1, -0.05) is 0 Å². The zero-order valence-electron chi connectivity index (χ0n) is 10.5. The number of non-ortho nitro benzene ring substituents is 1. The highest BCUT2D eigenvalue weighted by Crippen LogP contribution is 2.35. The molecule has 5 nitrogen and oxygen atoms in total. The molecule has 2 N–H and O–H groups in total. The molecule has 98 valence electrons. The van der Waals surface area contributed by atoms with Gasteiger partial charge in [0.15, 0.2) is 0 Å². The molecule has 0 radical (unpaired) electrons. The summed E-state index contributed by atoms with van der Waals surface area (Å²) in [5, 5.41) is 10.7. The van der Waals surface area contributed by atoms with E-state index in [0.717, 1.165) is 24.5 Å². The average Bonchev–Trinajstić information content (AvgIpc) is 2.27. The molecule has 0 bridgehead atoms. The number of nitrogens with zero attached hydrogens (tertiary/aromatic N) is 2. The Labute approximate surface area is 110 Å². The van der Waals surface area contributed by atoms with Crippen LogP contribution in [0, 0.1) is 10.1 Å². The lowest BCUT2D eigenvalue weighted by Gasteiger charge is -2.39. The number of nitro groups is 1. The Morgan fingerprint density at radius 3 is 2.78 bits per heavy atom. The number of nitrogen functional groups attached to an aromatic ring is 1. The molecule has 0 aliphatic carbocycles. The van der Waals surface area contributed by atoms with Crippen molar-refractivity contribution < 1.29 is 4.92 Å². The summed E-state index contributed by atoms with van der Waals surface area (Å²) >= 11 is 1.94. The summed E-state index contributed by atoms with van der Waals surface area (Å²) in [6, 6.07) is 4.70. The normalized spacial score (nSPS) is 18.7. The van der Waals surface area contributed by atoms with Gasteiger partial charge in [0.05, 0.1) is 16.3 Å². The van der Waals surface area contributed by atoms with Crippen molar-refractivity contribution in [3.8, 4) is 0 Å². The van der Waals surface area contributed by atoms with Gasteiger partial charge in [0.25, 0.3) is 5.69 Å². The van der Waals surface area contributed by atoms with Gasteiger partial charge in [-0.3, -0.25) is 10.1 Å². The molecule has 1 aliphatic heterocycles. The molecule has 1 saturated heterocycles. The third-order valence-corrected chi connectivity index (χ3v) is 4.29. The minimum atomic E-state index is -0.421. The molecule has 6 heteroatoms. The quantitative estimate of drug-likeness (QED) is 0.506. The van der Waals surface area contributed by atoms with Crippen LogP contribution >= 0.6 is 11.8 Å². The molecule has 1 aromatic rings. The van der Waals surface area contributed by atoms with Crippen LogP contribution < -0.4 is 10.6 Å². The van der Waals surface area contributed by atoms with Crippen LogP contribution in [0.25, 0.3) is 0 Å². The van der Waals surface area contributed by atoms with Gasteiger partial charge < -0.3 is 10.6 Å². The summed E-state index contributed by atoms with van der Waals surface area (Å²) in [4.78, 5) is 12.5. The van der Waals surface area contributed by atoms with E-state index in [0.29, 0.717) is 5.69 Å². The van der Waals surface area contributed by atoms with Crippen molar-refractivity contribution in [2.24, 2.45) is 0 Å². The van der Waals surface area contributed by atoms with Crippen LogP contribution in [0.2, 0.25) is 0 Å². The van der Waals surface area contributed by atoms with Gasteiger partial charge in [0.1, 0.15) is 0 Å². The zero-order chi connectivity index (χ0) is 13.3. The van der Waals surface area contributed by atoms with Gasteiger partial charge >= 0.3 is 0 Å². The van der Waals surface area contributed by atoms with Gasteiger partial charge in [0.2, 0.25) is 0 Å². The van der Waals surface area contributed by atoms with Crippen LogP contribution in [0.4, 0.5) is 17.1 Å². The van der Waals surface area contributed by atoms with E-state index in [2.05, 4.69) is 18.7 Å². The average molecular weight is 267 g/mol. The Bertz CT molecular complexity index is 476. The first kappa shape index (κ1) is 13.0. The summed E-state index contributed by atoms with van der Waals surface area (Å²) in [5.41, 5.74) is 7.34. The minimum absolute atomic E-state index is 0.0434. The Morgan fingerprint density at radius 2 is 2.22 bits per heavy atom. The molecular formula is C12H17N3O2S. The molecule has 0 unspecified atom stereocenters. The maximum absolute atomic E-state index is 10.7. The van der Waals surface area contributed by atoms with Gasteiger partial charge in [-0.05, 0) is 19.9 Å². The molecule has 1 heterocycles. The third-order valence-electron chi connectivity index (χ3n) is 2.99. The highest BCUT2D eigenvalue weighted by atomic mass is 32.2. The molecule has 0 spiro atoms. The lowest BCUT2D eigenvalue weighted by atomic mass is 10.1. The van der Waals surface area contributed by atoms with Crippen molar-refractivity contribution in [2.75, 3.05) is 29.5 Å². The van der Waals surface area contributed by atoms with Gasteiger partial charge in [-0.25, -0.2) is 0 Å². The van der Waals surface area contributed by atoms with E-state index in [1.807, 2.05) is 11.8 Å². The van der Waals surface area contributed by atoms with Crippen molar-refractivity contribution in [1.82, 2.24) is 0 Å². The number of thioether (sulfide) groups is 1. The maximum atomic E-state index is 10.7. The van der Waals surface area contributed by atoms with Crippen molar-refractivity contribution in [1.29, 1.82) is 0 Å². The highest BCUT2D eigenvalue weighted by molar-refractivity contribution is 8.00. The van der Waals surface area contributed by atoms with Gasteiger partial charge in [0, 0.05) is 35.7 Å². The van der Waals surface area contributed by atoms with Gasteiger partial charge in [-0.2, -0.15) is 11.8 Å². The minimum Gasteiger partial charge on any atom is -0.397 e. The van der Waals surface area contributed by atoms with Crippen LogP contribution in [0.3, 0.4) is 0 Å². The fourth-order valence-corrected chi connectivity index (χ4v) is 3.28. The lowest BCUT2D eigenvalue weighted by Crippen LogP contribution is -2.43. The first-order valence-electron chi connectivity index (χ1n) is 5.82. The maximum Gasteiger partial charge on any atom is 0.271 e. The van der Waals surface area contributed by atoms with Gasteiger partial charge in [-0.15, -0.1) is 0 Å². The Balaban J connectivity index is 2.26. The summed E-state index contributed by atoms with van der Waals surface area (Å²) in [7, 11) is 0. The van der Waals surface area contributed by atoms with E-state index in [1.54, 1.807) is 6.07 Å². The van der Waals surface area contributed by atoms with Crippen LogP contribution in [0.1, 0.15) is 13.8 Å². The molecule has 0 aromatic heterocycles. The summed E-state index contributed by atoms with van der Waals surface area (Å²) in [5.74, 6) is 1.05. The van der Waals surface area contributed by atoms with E-state index >= 15 is 0 Å². The van der Waals surface area contributed by atoms with Crippen LogP contribution in [-0.2, 0) is 0 Å². The van der Waals surface area contributed by atoms with Crippen molar-refractivity contribution in [3.05, 3.63) is 28.3 Å². The number of nitro benzene ring substituents is 1. The van der Waals surface area contributed by atoms with E-state index in [1.165, 1.54) is 12.1 Å². The molecule has 1 aromatic carbocycles. The van der Waals surface area contributed by atoms with Crippen LogP contribution in [0.15, 0.2) is 18.2 Å². The summed E-state index contributed by atoms with van der Waals surface area (Å²) in [6.45, 7) is 6.23. The number of rotatable bonds is 2. The number of hydrogen-bond acceptors (Lipinski definition) is 5. The molecule has 2 rings (SSSR count). The highest BCUT2D eigenvalue weighted by Gasteiger charge is 2.28. The first-order valence-corrected chi connectivity index (χ1v) is 6.80. The number of nitrogens with two attached hydrogens (primary N) is 1. The number of anilines is 2. The third kappa shape index (κ3) is 2.69. The molecular weight excluding hydrogens is 250 g/mol. The van der Waals surface area contributed by atoms with E-state index in [4.69, 9.17) is 5.73 Å². The number of benzene rings is 1. The number of hydrogen-bond donors (Lipinski definition) is 1. The summed E-state index contributed by atoms with van der Waals surface area (Å²) < 4.78 is 0.187. The van der Waals surface area contributed by atoms with Crippen molar-refractivity contribution >= 4 is 28.8 Å². The fourth-order valence-electron chi connectivity index (χ4n) is 2.17. The smallest absolute Gasteiger partial charge is 0.271 e. The lowest BCUT2D eigenvalue weighted by molar-refractivity contribution is -0.384. The molecule has 1 fully saturated rings. The Morgan fingerprint density at radius 1 is 1.50 bits per heavy atom. The van der Waals surface area contributed by atoms with Crippen LogP contribution in [-0.4, -0.2) is 28.5 Å². The standard InChI is InChI=1S/C12H17N3O2S/c1-12(2)8-14(5-6-18-12)11-4-3-9(15(16)17)7-10(11)13/h3-4,7H,5-6,8,13H2,1-2H3. The van der Waals surface area contributed by atoms with E-state index in [9.17, 15) is 10.1 Å². The predicted octanol–water partition coefficient (Wildman–Crippen LogP) is 2.51. The van der Waals surface area contributed by atoms with Crippen molar-refractivity contribution in [2.45, 2.75) is 18.6 Å². The second-order valence-corrected chi connectivity index (χ2v) is 6.83. The Hall–Kier alpha value is -1.43. The predicted molar refractivity (Wildman–Crippen MR) is 76.3 cm³/mol. The molecule has 1 aliphatic rings. The second-order valence-electron chi connectivity index (χ2n) is 5.03. The molecule has 0 saturated carbocycles. The topological polar surface area (TPSA) is 72.4 Å².